The van der Waals surface area contributed by atoms with Gasteiger partial charge in [0, 0.05) is 12.0 Å². The van der Waals surface area contributed by atoms with Crippen molar-refractivity contribution < 1.29 is 24.0 Å². The largest absolute Gasteiger partial charge is 0.368 e. The lowest BCUT2D eigenvalue weighted by molar-refractivity contribution is -0.131. The molecule has 0 unspecified atom stereocenters. The molecule has 7 N–H and O–H groups in total. The molecule has 1 aromatic rings. The van der Waals surface area contributed by atoms with E-state index in [9.17, 15) is 24.0 Å². The minimum atomic E-state index is -1.06. The third-order valence-electron chi connectivity index (χ3n) is 4.53. The van der Waals surface area contributed by atoms with Gasteiger partial charge in [-0.15, -0.1) is 12.3 Å². The number of amides is 4. The van der Waals surface area contributed by atoms with Gasteiger partial charge in [0.1, 0.15) is 18.4 Å². The Hall–Kier alpha value is -3.97. The molecule has 1 rings (SSSR count). The zero-order valence-corrected chi connectivity index (χ0v) is 18.2. The van der Waals surface area contributed by atoms with Crippen LogP contribution in [0.5, 0.6) is 0 Å². The molecule has 33 heavy (non-hydrogen) atoms. The van der Waals surface area contributed by atoms with Gasteiger partial charge in [0.05, 0.1) is 6.54 Å². The summed E-state index contributed by atoms with van der Waals surface area (Å²) in [5.74, 6) is -0.200. The van der Waals surface area contributed by atoms with Gasteiger partial charge in [0.2, 0.25) is 17.7 Å². The van der Waals surface area contributed by atoms with Crippen molar-refractivity contribution in [2.24, 2.45) is 11.5 Å². The van der Waals surface area contributed by atoms with Crippen molar-refractivity contribution in [2.75, 3.05) is 13.1 Å². The molecular formula is C23H29N5O5. The van der Waals surface area contributed by atoms with Crippen LogP contribution < -0.4 is 27.4 Å². The van der Waals surface area contributed by atoms with E-state index < -0.39 is 35.7 Å². The molecule has 0 spiro atoms. The number of benzene rings is 1. The quantitative estimate of drug-likeness (QED) is 0.107. The van der Waals surface area contributed by atoms with Crippen LogP contribution >= 0.6 is 0 Å². The summed E-state index contributed by atoms with van der Waals surface area (Å²) >= 11 is 0. The Labute approximate surface area is 192 Å². The SMILES string of the molecule is C#CC[C@H](NC(=O)[C@H](CCCCN)NC(=O)CNC(=O)c1ccc(/C=C/C=O)cc1)C(N)=O. The predicted octanol–water partition coefficient (Wildman–Crippen LogP) is -0.764. The molecule has 1 aromatic carbocycles. The highest BCUT2D eigenvalue weighted by atomic mass is 16.2. The summed E-state index contributed by atoms with van der Waals surface area (Å²) in [6.07, 6.45) is 10.2. The Bertz CT molecular complexity index is 905. The normalized spacial score (nSPS) is 12.2. The molecule has 0 bridgehead atoms. The van der Waals surface area contributed by atoms with Gasteiger partial charge in [0.15, 0.2) is 0 Å². The third kappa shape index (κ3) is 10.3. The Balaban J connectivity index is 2.70. The zero-order valence-electron chi connectivity index (χ0n) is 18.2. The second kappa shape index (κ2) is 14.9. The van der Waals surface area contributed by atoms with E-state index in [-0.39, 0.29) is 19.4 Å². The van der Waals surface area contributed by atoms with Crippen LogP contribution in [0.2, 0.25) is 0 Å². The smallest absolute Gasteiger partial charge is 0.251 e. The van der Waals surface area contributed by atoms with Gasteiger partial charge in [-0.05, 0) is 49.6 Å². The lowest BCUT2D eigenvalue weighted by atomic mass is 10.1. The Morgan fingerprint density at radius 1 is 1.06 bits per heavy atom. The maximum atomic E-state index is 12.6. The van der Waals surface area contributed by atoms with Crippen molar-refractivity contribution in [3.8, 4) is 12.3 Å². The van der Waals surface area contributed by atoms with Crippen molar-refractivity contribution in [1.29, 1.82) is 0 Å². The summed E-state index contributed by atoms with van der Waals surface area (Å²) in [6, 6.07) is 4.40. The van der Waals surface area contributed by atoms with Crippen molar-refractivity contribution in [1.82, 2.24) is 16.0 Å². The molecule has 0 fully saturated rings. The number of unbranched alkanes of at least 4 members (excludes halogenated alkanes) is 1. The lowest BCUT2D eigenvalue weighted by Gasteiger charge is -2.21. The fourth-order valence-corrected chi connectivity index (χ4v) is 2.78. The number of primary amides is 1. The maximum Gasteiger partial charge on any atom is 0.251 e. The summed E-state index contributed by atoms with van der Waals surface area (Å²) in [4.78, 5) is 59.0. The molecule has 10 nitrogen and oxygen atoms in total. The average molecular weight is 456 g/mol. The minimum Gasteiger partial charge on any atom is -0.368 e. The highest BCUT2D eigenvalue weighted by Gasteiger charge is 2.25. The van der Waals surface area contributed by atoms with Crippen LogP contribution in [0.3, 0.4) is 0 Å². The molecule has 0 aliphatic carbocycles. The van der Waals surface area contributed by atoms with Crippen LogP contribution in [0, 0.1) is 12.3 Å². The third-order valence-corrected chi connectivity index (χ3v) is 4.53. The van der Waals surface area contributed by atoms with Gasteiger partial charge >= 0.3 is 0 Å². The first-order valence-electron chi connectivity index (χ1n) is 10.3. The van der Waals surface area contributed by atoms with Crippen molar-refractivity contribution in [2.45, 2.75) is 37.8 Å². The van der Waals surface area contributed by atoms with E-state index in [4.69, 9.17) is 17.9 Å². The number of aldehydes is 1. The fraction of sp³-hybridized carbons (Fsp3) is 0.348. The van der Waals surface area contributed by atoms with Crippen LogP contribution in [0.15, 0.2) is 30.3 Å². The van der Waals surface area contributed by atoms with Crippen molar-refractivity contribution in [3.05, 3.63) is 41.5 Å². The summed E-state index contributed by atoms with van der Waals surface area (Å²) in [7, 11) is 0. The number of hydrogen-bond acceptors (Lipinski definition) is 6. The highest BCUT2D eigenvalue weighted by Crippen LogP contribution is 2.06. The Kier molecular flexibility index (Phi) is 12.2. The summed E-state index contributed by atoms with van der Waals surface area (Å²) in [6.45, 7) is 0.0545. The fourth-order valence-electron chi connectivity index (χ4n) is 2.78. The number of hydrogen-bond donors (Lipinski definition) is 5. The molecule has 0 aromatic heterocycles. The summed E-state index contributed by atoms with van der Waals surface area (Å²) in [5.41, 5.74) is 11.8. The first kappa shape index (κ1) is 27.1. The van der Waals surface area contributed by atoms with E-state index in [1.54, 1.807) is 30.3 Å². The first-order chi connectivity index (χ1) is 15.8. The van der Waals surface area contributed by atoms with Gasteiger partial charge in [-0.3, -0.25) is 24.0 Å². The zero-order chi connectivity index (χ0) is 24.6. The number of carbonyl (C=O) groups is 5. The molecule has 0 heterocycles. The lowest BCUT2D eigenvalue weighted by Crippen LogP contribution is -2.54. The number of allylic oxidation sites excluding steroid dienone is 1. The molecule has 0 saturated heterocycles. The molecule has 0 radical (unpaired) electrons. The predicted molar refractivity (Wildman–Crippen MR) is 123 cm³/mol. The van der Waals surface area contributed by atoms with Gasteiger partial charge in [-0.2, -0.15) is 0 Å². The van der Waals surface area contributed by atoms with Gasteiger partial charge in [0.25, 0.3) is 5.91 Å². The van der Waals surface area contributed by atoms with E-state index in [0.717, 1.165) is 5.56 Å². The second-order valence-corrected chi connectivity index (χ2v) is 7.08. The number of nitrogens with one attached hydrogen (secondary N) is 3. The van der Waals surface area contributed by atoms with E-state index in [0.29, 0.717) is 31.2 Å². The molecule has 4 amide bonds. The molecule has 0 aliphatic rings. The Morgan fingerprint density at radius 3 is 2.33 bits per heavy atom. The summed E-state index contributed by atoms with van der Waals surface area (Å²) in [5, 5.41) is 7.47. The number of terminal acetylenes is 1. The minimum absolute atomic E-state index is 0.0790. The van der Waals surface area contributed by atoms with Gasteiger partial charge < -0.3 is 27.4 Å². The Morgan fingerprint density at radius 2 is 1.76 bits per heavy atom. The number of carbonyl (C=O) groups excluding carboxylic acids is 5. The monoisotopic (exact) mass is 455 g/mol. The van der Waals surface area contributed by atoms with Crippen LogP contribution in [0.25, 0.3) is 6.08 Å². The molecule has 2 atom stereocenters. The van der Waals surface area contributed by atoms with Crippen molar-refractivity contribution >= 4 is 36.0 Å². The van der Waals surface area contributed by atoms with Gasteiger partial charge in [-0.1, -0.05) is 18.2 Å². The van der Waals surface area contributed by atoms with Crippen LogP contribution in [0.1, 0.15) is 41.6 Å². The van der Waals surface area contributed by atoms with Gasteiger partial charge in [-0.25, -0.2) is 0 Å². The van der Waals surface area contributed by atoms with Crippen LogP contribution in [0.4, 0.5) is 0 Å². The van der Waals surface area contributed by atoms with E-state index in [1.165, 1.54) is 6.08 Å². The topological polar surface area (TPSA) is 173 Å². The van der Waals surface area contributed by atoms with E-state index in [2.05, 4.69) is 21.9 Å². The molecule has 0 saturated carbocycles. The van der Waals surface area contributed by atoms with Crippen LogP contribution in [-0.4, -0.2) is 55.1 Å². The van der Waals surface area contributed by atoms with E-state index >= 15 is 0 Å². The van der Waals surface area contributed by atoms with Crippen molar-refractivity contribution in [3.63, 3.8) is 0 Å². The summed E-state index contributed by atoms with van der Waals surface area (Å²) < 4.78 is 0. The number of nitrogens with two attached hydrogens (primary N) is 2. The highest BCUT2D eigenvalue weighted by molar-refractivity contribution is 5.97. The standard InChI is InChI=1S/C23H29N5O5/c1-2-6-18(21(25)31)28-23(33)19(8-3-4-13-24)27-20(30)15-26-22(32)17-11-9-16(10-12-17)7-5-14-29/h1,5,7,9-12,14,18-19H,3-4,6,8,13,15,24H2,(H2,25,31)(H,26,32)(H,27,30)(H,28,33)/b7-5+/t18-,19-/m0/s1. The molecular weight excluding hydrogens is 426 g/mol. The maximum absolute atomic E-state index is 12.6. The second-order valence-electron chi connectivity index (χ2n) is 7.08. The molecule has 176 valence electrons. The van der Waals surface area contributed by atoms with Crippen LogP contribution in [-0.2, 0) is 19.2 Å². The van der Waals surface area contributed by atoms with E-state index in [1.807, 2.05) is 0 Å². The first-order valence-corrected chi connectivity index (χ1v) is 10.3. The number of rotatable bonds is 14. The molecule has 0 aliphatic heterocycles. The average Bonchev–Trinajstić information content (AvgIpc) is 2.80. The molecule has 10 heteroatoms.